The summed E-state index contributed by atoms with van der Waals surface area (Å²) in [4.78, 5) is 31.7. The minimum atomic E-state index is -0.655. The molecular weight excluding hydrogens is 380 g/mol. The number of aryl methyl sites for hydroxylation is 1. The quantitative estimate of drug-likeness (QED) is 0.703. The number of hydrogen-bond donors (Lipinski definition) is 1. The highest BCUT2D eigenvalue weighted by atomic mass is 16.5. The summed E-state index contributed by atoms with van der Waals surface area (Å²) in [6.07, 6.45) is 1.60. The molecule has 0 aliphatic carbocycles. The van der Waals surface area contributed by atoms with Crippen LogP contribution >= 0.6 is 0 Å². The van der Waals surface area contributed by atoms with E-state index in [1.54, 1.807) is 36.1 Å². The van der Waals surface area contributed by atoms with Crippen molar-refractivity contribution in [1.82, 2.24) is 20.4 Å². The molecule has 7 heteroatoms. The van der Waals surface area contributed by atoms with Gasteiger partial charge in [0.25, 0.3) is 5.91 Å². The van der Waals surface area contributed by atoms with E-state index in [9.17, 15) is 9.59 Å². The highest BCUT2D eigenvalue weighted by Gasteiger charge is 2.36. The molecule has 0 unspecified atom stereocenters. The third kappa shape index (κ3) is 4.10. The summed E-state index contributed by atoms with van der Waals surface area (Å²) in [6, 6.07) is 15.8. The van der Waals surface area contributed by atoms with E-state index in [2.05, 4.69) is 15.5 Å². The smallest absolute Gasteiger partial charge is 0.251 e. The largest absolute Gasteiger partial charge is 0.341 e. The van der Waals surface area contributed by atoms with Gasteiger partial charge in [0.2, 0.25) is 17.6 Å². The first-order valence-electron chi connectivity index (χ1n) is 10.1. The minimum Gasteiger partial charge on any atom is -0.341 e. The Hall–Kier alpha value is -3.48. The molecule has 2 heterocycles. The first-order valence-corrected chi connectivity index (χ1v) is 10.1. The van der Waals surface area contributed by atoms with Crippen molar-refractivity contribution in [3.8, 4) is 11.4 Å². The zero-order valence-electron chi connectivity index (χ0n) is 17.0. The van der Waals surface area contributed by atoms with Crippen LogP contribution in [-0.2, 0) is 4.79 Å². The van der Waals surface area contributed by atoms with E-state index in [1.165, 1.54) is 0 Å². The van der Waals surface area contributed by atoms with Crippen molar-refractivity contribution in [3.05, 3.63) is 71.6 Å². The van der Waals surface area contributed by atoms with Gasteiger partial charge in [0.1, 0.15) is 12.1 Å². The average molecular weight is 404 g/mol. The fraction of sp³-hybridized carbons (Fsp3) is 0.304. The van der Waals surface area contributed by atoms with Crippen LogP contribution in [0.25, 0.3) is 11.4 Å². The molecule has 0 radical (unpaired) electrons. The van der Waals surface area contributed by atoms with E-state index in [-0.39, 0.29) is 17.9 Å². The summed E-state index contributed by atoms with van der Waals surface area (Å²) in [5, 5.41) is 6.89. The number of likely N-dealkylation sites (tertiary alicyclic amines) is 1. The van der Waals surface area contributed by atoms with E-state index < -0.39 is 6.04 Å². The first kappa shape index (κ1) is 19.8. The van der Waals surface area contributed by atoms with Crippen molar-refractivity contribution >= 4 is 11.8 Å². The molecule has 1 aromatic heterocycles. The molecule has 154 valence electrons. The summed E-state index contributed by atoms with van der Waals surface area (Å²) in [5.41, 5.74) is 2.51. The van der Waals surface area contributed by atoms with Gasteiger partial charge in [0.05, 0.1) is 0 Å². The standard InChI is InChI=1S/C23H24N4O3/c1-15-8-6-11-18(14-15)20-25-22(30-26-20)19-12-7-13-27(19)23(29)16(2)24-21(28)17-9-4-3-5-10-17/h3-6,8-11,14,16,19H,7,12-13H2,1-2H3,(H,24,28)/t16-,19-/m1/s1. The van der Waals surface area contributed by atoms with Gasteiger partial charge in [-0.15, -0.1) is 0 Å². The number of aromatic nitrogens is 2. The van der Waals surface area contributed by atoms with Gasteiger partial charge in [-0.05, 0) is 44.9 Å². The molecule has 1 aliphatic rings. The van der Waals surface area contributed by atoms with Crippen molar-refractivity contribution in [2.45, 2.75) is 38.8 Å². The fourth-order valence-electron chi connectivity index (χ4n) is 3.74. The van der Waals surface area contributed by atoms with Crippen LogP contribution in [0.1, 0.15) is 47.6 Å². The third-order valence-corrected chi connectivity index (χ3v) is 5.29. The number of hydrogen-bond acceptors (Lipinski definition) is 5. The van der Waals surface area contributed by atoms with Crippen LogP contribution in [0.15, 0.2) is 59.1 Å². The molecule has 3 aromatic rings. The van der Waals surface area contributed by atoms with Crippen molar-refractivity contribution in [1.29, 1.82) is 0 Å². The first-order chi connectivity index (χ1) is 14.5. The lowest BCUT2D eigenvalue weighted by Crippen LogP contribution is -2.46. The minimum absolute atomic E-state index is 0.155. The van der Waals surface area contributed by atoms with Gasteiger partial charge in [-0.25, -0.2) is 0 Å². The van der Waals surface area contributed by atoms with Crippen molar-refractivity contribution < 1.29 is 14.1 Å². The van der Waals surface area contributed by atoms with Crippen LogP contribution in [0.2, 0.25) is 0 Å². The molecule has 0 saturated carbocycles. The number of carbonyl (C=O) groups is 2. The van der Waals surface area contributed by atoms with Crippen molar-refractivity contribution in [3.63, 3.8) is 0 Å². The van der Waals surface area contributed by atoms with Gasteiger partial charge in [0, 0.05) is 17.7 Å². The second-order valence-electron chi connectivity index (χ2n) is 7.58. The van der Waals surface area contributed by atoms with E-state index in [0.717, 1.165) is 24.0 Å². The lowest BCUT2D eigenvalue weighted by atomic mass is 10.1. The maximum absolute atomic E-state index is 13.0. The van der Waals surface area contributed by atoms with Gasteiger partial charge in [-0.1, -0.05) is 47.1 Å². The predicted molar refractivity (Wildman–Crippen MR) is 112 cm³/mol. The van der Waals surface area contributed by atoms with Crippen molar-refractivity contribution in [2.75, 3.05) is 6.54 Å². The number of rotatable bonds is 5. The van der Waals surface area contributed by atoms with Gasteiger partial charge in [-0.3, -0.25) is 9.59 Å². The highest BCUT2D eigenvalue weighted by Crippen LogP contribution is 2.32. The summed E-state index contributed by atoms with van der Waals surface area (Å²) in [5.74, 6) is 0.515. The Bertz CT molecular complexity index is 1050. The zero-order chi connectivity index (χ0) is 21.1. The molecule has 30 heavy (non-hydrogen) atoms. The Morgan fingerprint density at radius 2 is 1.97 bits per heavy atom. The van der Waals surface area contributed by atoms with Crippen LogP contribution < -0.4 is 5.32 Å². The average Bonchev–Trinajstić information content (AvgIpc) is 3.43. The zero-order valence-corrected chi connectivity index (χ0v) is 17.0. The lowest BCUT2D eigenvalue weighted by Gasteiger charge is -2.25. The van der Waals surface area contributed by atoms with Gasteiger partial charge < -0.3 is 14.7 Å². The Morgan fingerprint density at radius 3 is 2.73 bits per heavy atom. The molecule has 2 aromatic carbocycles. The number of benzene rings is 2. The van der Waals surface area contributed by atoms with Crippen LogP contribution in [0.4, 0.5) is 0 Å². The maximum Gasteiger partial charge on any atom is 0.251 e. The number of carbonyl (C=O) groups excluding carboxylic acids is 2. The lowest BCUT2D eigenvalue weighted by molar-refractivity contribution is -0.134. The van der Waals surface area contributed by atoms with Gasteiger partial charge in [-0.2, -0.15) is 4.98 Å². The maximum atomic E-state index is 13.0. The second kappa shape index (κ2) is 8.49. The molecule has 2 amide bonds. The molecule has 4 rings (SSSR count). The van der Waals surface area contributed by atoms with Crippen LogP contribution in [0, 0.1) is 6.92 Å². The molecule has 1 aliphatic heterocycles. The van der Waals surface area contributed by atoms with Crippen LogP contribution in [-0.4, -0.2) is 39.4 Å². The van der Waals surface area contributed by atoms with E-state index >= 15 is 0 Å². The van der Waals surface area contributed by atoms with Crippen LogP contribution in [0.5, 0.6) is 0 Å². The van der Waals surface area contributed by atoms with Crippen molar-refractivity contribution in [2.24, 2.45) is 0 Å². The SMILES string of the molecule is Cc1cccc(-c2noc([C@H]3CCCN3C(=O)[C@@H](C)NC(=O)c3ccccc3)n2)c1. The second-order valence-corrected chi connectivity index (χ2v) is 7.58. The predicted octanol–water partition coefficient (Wildman–Crippen LogP) is 3.53. The van der Waals surface area contributed by atoms with E-state index in [0.29, 0.717) is 23.8 Å². The molecule has 0 spiro atoms. The molecule has 7 nitrogen and oxygen atoms in total. The molecule has 1 N–H and O–H groups in total. The van der Waals surface area contributed by atoms with E-state index in [4.69, 9.17) is 4.52 Å². The molecule has 0 bridgehead atoms. The number of nitrogens with one attached hydrogen (secondary N) is 1. The molecule has 1 fully saturated rings. The third-order valence-electron chi connectivity index (χ3n) is 5.29. The summed E-state index contributed by atoms with van der Waals surface area (Å²) in [6.45, 7) is 4.30. The number of amides is 2. The highest BCUT2D eigenvalue weighted by molar-refractivity contribution is 5.97. The van der Waals surface area contributed by atoms with Crippen LogP contribution in [0.3, 0.4) is 0 Å². The van der Waals surface area contributed by atoms with E-state index in [1.807, 2.05) is 37.3 Å². The Labute approximate surface area is 175 Å². The van der Waals surface area contributed by atoms with Gasteiger partial charge in [0.15, 0.2) is 0 Å². The summed E-state index contributed by atoms with van der Waals surface area (Å²) >= 11 is 0. The van der Waals surface area contributed by atoms with Gasteiger partial charge >= 0.3 is 0 Å². The molecule has 1 saturated heterocycles. The fourth-order valence-corrected chi connectivity index (χ4v) is 3.74. The topological polar surface area (TPSA) is 88.3 Å². The summed E-state index contributed by atoms with van der Waals surface area (Å²) in [7, 11) is 0. The monoisotopic (exact) mass is 404 g/mol. The number of nitrogens with zero attached hydrogens (tertiary/aromatic N) is 3. The molecular formula is C23H24N4O3. The Kier molecular flexibility index (Phi) is 5.61. The normalized spacial score (nSPS) is 17.0. The Morgan fingerprint density at radius 1 is 1.17 bits per heavy atom. The Balaban J connectivity index is 1.47. The summed E-state index contributed by atoms with van der Waals surface area (Å²) < 4.78 is 5.51. The molecule has 2 atom stereocenters.